The number of aromatic nitrogens is 1. The topological polar surface area (TPSA) is 53.8 Å². The van der Waals surface area contributed by atoms with E-state index in [4.69, 9.17) is 16.9 Å². The van der Waals surface area contributed by atoms with Crippen molar-refractivity contribution in [3.63, 3.8) is 0 Å². The Kier molecular flexibility index (Phi) is 4.72. The van der Waals surface area contributed by atoms with E-state index < -0.39 is 0 Å². The molecule has 3 nitrogen and oxygen atoms in total. The predicted octanol–water partition coefficient (Wildman–Crippen LogP) is 4.12. The zero-order chi connectivity index (χ0) is 15.4. The van der Waals surface area contributed by atoms with E-state index in [0.29, 0.717) is 28.4 Å². The third-order valence-electron chi connectivity index (χ3n) is 3.28. The van der Waals surface area contributed by atoms with Gasteiger partial charge < -0.3 is 0 Å². The Morgan fingerprint density at radius 1 is 1.48 bits per heavy atom. The lowest BCUT2D eigenvalue weighted by Crippen LogP contribution is -2.03. The molecule has 106 valence electrons. The first kappa shape index (κ1) is 15.2. The second kappa shape index (κ2) is 6.51. The van der Waals surface area contributed by atoms with Gasteiger partial charge in [0.05, 0.1) is 22.4 Å². The number of hydrogen-bond acceptors (Lipinski definition) is 3. The average Bonchev–Trinajstić information content (AvgIpc) is 2.68. The van der Waals surface area contributed by atoms with Crippen LogP contribution in [0, 0.1) is 18.3 Å². The van der Waals surface area contributed by atoms with E-state index in [1.54, 1.807) is 19.1 Å². The predicted molar refractivity (Wildman–Crippen MR) is 83.2 cm³/mol. The molecule has 2 rings (SSSR count). The summed E-state index contributed by atoms with van der Waals surface area (Å²) in [5.74, 6) is -0.0718. The van der Waals surface area contributed by atoms with Gasteiger partial charge >= 0.3 is 0 Å². The Bertz CT molecular complexity index is 721. The van der Waals surface area contributed by atoms with Crippen LogP contribution in [0.25, 0.3) is 0 Å². The second-order valence-corrected chi connectivity index (χ2v) is 5.34. The van der Waals surface area contributed by atoms with Gasteiger partial charge in [-0.15, -0.1) is 0 Å². The Hall–Kier alpha value is -2.18. The molecule has 0 atom stereocenters. The Morgan fingerprint density at radius 3 is 2.90 bits per heavy atom. The largest absolute Gasteiger partial charge is 0.293 e. The molecule has 21 heavy (non-hydrogen) atoms. The monoisotopic (exact) mass is 298 g/mol. The standard InChI is InChI=1S/C17H15ClN2O/c1-11-17(18)15(9-16(20-11)12(2)21)8-13-4-3-5-14(10-19)7-6-13/h3,5-7,9H,4,8H2,1-2H3. The van der Waals surface area contributed by atoms with Gasteiger partial charge in [0.15, 0.2) is 5.78 Å². The number of nitriles is 1. The summed E-state index contributed by atoms with van der Waals surface area (Å²) < 4.78 is 0. The molecular weight excluding hydrogens is 284 g/mol. The molecule has 4 heteroatoms. The number of ketones is 1. The highest BCUT2D eigenvalue weighted by Gasteiger charge is 2.12. The maximum Gasteiger partial charge on any atom is 0.178 e. The molecule has 0 amide bonds. The molecule has 0 fully saturated rings. The van der Waals surface area contributed by atoms with Crippen LogP contribution in [-0.4, -0.2) is 10.8 Å². The molecule has 1 aromatic rings. The van der Waals surface area contributed by atoms with E-state index in [1.807, 2.05) is 18.2 Å². The summed E-state index contributed by atoms with van der Waals surface area (Å²) in [5.41, 5.74) is 3.76. The number of aryl methyl sites for hydroxylation is 1. The third-order valence-corrected chi connectivity index (χ3v) is 3.80. The van der Waals surface area contributed by atoms with Crippen LogP contribution in [0.1, 0.15) is 35.1 Å². The SMILES string of the molecule is CC(=O)c1cc(CC2=CC=C(C#N)C=CC2)c(Cl)c(C)n1. The molecule has 0 N–H and O–H groups in total. The molecule has 1 aliphatic rings. The minimum Gasteiger partial charge on any atom is -0.293 e. The van der Waals surface area contributed by atoms with Crippen LogP contribution in [0.2, 0.25) is 5.02 Å². The lowest BCUT2D eigenvalue weighted by Gasteiger charge is -2.10. The summed E-state index contributed by atoms with van der Waals surface area (Å²) in [4.78, 5) is 15.7. The van der Waals surface area contributed by atoms with Crippen LogP contribution in [0.3, 0.4) is 0 Å². The lowest BCUT2D eigenvalue weighted by molar-refractivity contribution is 0.101. The maximum absolute atomic E-state index is 11.5. The van der Waals surface area contributed by atoms with Crippen molar-refractivity contribution in [2.24, 2.45) is 0 Å². The molecule has 0 saturated carbocycles. The van der Waals surface area contributed by atoms with Crippen molar-refractivity contribution in [2.75, 3.05) is 0 Å². The first-order valence-electron chi connectivity index (χ1n) is 6.64. The quantitative estimate of drug-likeness (QED) is 0.789. The number of Topliss-reactive ketones (excluding diaryl/α,β-unsaturated/α-hetero) is 1. The summed E-state index contributed by atoms with van der Waals surface area (Å²) in [7, 11) is 0. The van der Waals surface area contributed by atoms with Crippen LogP contribution in [0.5, 0.6) is 0 Å². The normalized spacial score (nSPS) is 14.0. The number of carbonyl (C=O) groups is 1. The molecule has 0 saturated heterocycles. The van der Waals surface area contributed by atoms with E-state index >= 15 is 0 Å². The van der Waals surface area contributed by atoms with E-state index in [0.717, 1.165) is 17.6 Å². The highest BCUT2D eigenvalue weighted by molar-refractivity contribution is 6.32. The second-order valence-electron chi connectivity index (χ2n) is 4.96. The van der Waals surface area contributed by atoms with Gasteiger partial charge in [-0.1, -0.05) is 29.3 Å². The summed E-state index contributed by atoms with van der Waals surface area (Å²) in [6.07, 6.45) is 8.91. The number of rotatable bonds is 3. The van der Waals surface area contributed by atoms with Crippen molar-refractivity contribution in [2.45, 2.75) is 26.7 Å². The van der Waals surface area contributed by atoms with Crippen molar-refractivity contribution in [1.29, 1.82) is 5.26 Å². The molecule has 1 aliphatic carbocycles. The highest BCUT2D eigenvalue weighted by Crippen LogP contribution is 2.25. The highest BCUT2D eigenvalue weighted by atomic mass is 35.5. The van der Waals surface area contributed by atoms with E-state index in [-0.39, 0.29) is 5.78 Å². The molecular formula is C17H15ClN2O. The van der Waals surface area contributed by atoms with Crippen molar-refractivity contribution in [1.82, 2.24) is 4.98 Å². The summed E-state index contributed by atoms with van der Waals surface area (Å²) in [6, 6.07) is 3.87. The van der Waals surface area contributed by atoms with E-state index in [9.17, 15) is 4.79 Å². The molecule has 1 heterocycles. The molecule has 0 spiro atoms. The number of allylic oxidation sites excluding steroid dienone is 6. The Morgan fingerprint density at radius 2 is 2.24 bits per heavy atom. The number of carbonyl (C=O) groups excluding carboxylic acids is 1. The van der Waals surface area contributed by atoms with Gasteiger partial charge in [-0.25, -0.2) is 4.98 Å². The fourth-order valence-corrected chi connectivity index (χ4v) is 2.31. The minimum absolute atomic E-state index is 0.0718. The summed E-state index contributed by atoms with van der Waals surface area (Å²) in [6.45, 7) is 3.29. The fraction of sp³-hybridized carbons (Fsp3) is 0.235. The molecule has 0 bridgehead atoms. The summed E-state index contributed by atoms with van der Waals surface area (Å²) in [5, 5.41) is 9.50. The van der Waals surface area contributed by atoms with E-state index in [1.165, 1.54) is 6.92 Å². The van der Waals surface area contributed by atoms with Crippen LogP contribution in [0.4, 0.5) is 0 Å². The number of hydrogen-bond donors (Lipinski definition) is 0. The fourth-order valence-electron chi connectivity index (χ4n) is 2.15. The van der Waals surface area contributed by atoms with Gasteiger partial charge in [0.25, 0.3) is 0 Å². The van der Waals surface area contributed by atoms with Crippen molar-refractivity contribution in [3.05, 3.63) is 63.5 Å². The van der Waals surface area contributed by atoms with Crippen molar-refractivity contribution < 1.29 is 4.79 Å². The van der Waals surface area contributed by atoms with Gasteiger partial charge in [-0.3, -0.25) is 4.79 Å². The third kappa shape index (κ3) is 3.68. The van der Waals surface area contributed by atoms with Gasteiger partial charge in [0.2, 0.25) is 0 Å². The average molecular weight is 299 g/mol. The molecule has 0 radical (unpaired) electrons. The van der Waals surface area contributed by atoms with Gasteiger partial charge in [-0.05, 0) is 43.5 Å². The zero-order valence-electron chi connectivity index (χ0n) is 12.0. The van der Waals surface area contributed by atoms with Crippen LogP contribution in [-0.2, 0) is 6.42 Å². The van der Waals surface area contributed by atoms with Crippen LogP contribution >= 0.6 is 11.6 Å². The molecule has 1 aromatic heterocycles. The number of pyridine rings is 1. The zero-order valence-corrected chi connectivity index (χ0v) is 12.7. The molecule has 0 unspecified atom stereocenters. The van der Waals surface area contributed by atoms with Crippen molar-refractivity contribution in [3.8, 4) is 6.07 Å². The van der Waals surface area contributed by atoms with Gasteiger partial charge in [0, 0.05) is 6.92 Å². The van der Waals surface area contributed by atoms with Gasteiger partial charge in [-0.2, -0.15) is 5.26 Å². The first-order chi connectivity index (χ1) is 10.0. The number of halogens is 1. The maximum atomic E-state index is 11.5. The van der Waals surface area contributed by atoms with Gasteiger partial charge in [0.1, 0.15) is 5.69 Å². The van der Waals surface area contributed by atoms with Crippen LogP contribution < -0.4 is 0 Å². The number of nitrogens with zero attached hydrogens (tertiary/aromatic N) is 2. The van der Waals surface area contributed by atoms with E-state index in [2.05, 4.69) is 11.1 Å². The first-order valence-corrected chi connectivity index (χ1v) is 7.02. The smallest absolute Gasteiger partial charge is 0.178 e. The lowest BCUT2D eigenvalue weighted by atomic mass is 10.0. The molecule has 0 aliphatic heterocycles. The van der Waals surface area contributed by atoms with Crippen LogP contribution in [0.15, 0.2) is 41.5 Å². The van der Waals surface area contributed by atoms with Crippen molar-refractivity contribution >= 4 is 17.4 Å². The summed E-state index contributed by atoms with van der Waals surface area (Å²) >= 11 is 6.30. The molecule has 0 aromatic carbocycles. The Balaban J connectivity index is 2.34. The Labute approximate surface area is 129 Å². The minimum atomic E-state index is -0.0718.